The van der Waals surface area contributed by atoms with Gasteiger partial charge in [-0.1, -0.05) is 6.58 Å². The van der Waals surface area contributed by atoms with Crippen molar-refractivity contribution in [1.29, 1.82) is 0 Å². The minimum Gasteiger partial charge on any atom is -0.506 e. The molecule has 0 spiro atoms. The third-order valence-corrected chi connectivity index (χ3v) is 0.847. The Morgan fingerprint density at radius 3 is 2.09 bits per heavy atom. The molecule has 0 aliphatic carbocycles. The molecule has 0 unspecified atom stereocenters. The van der Waals surface area contributed by atoms with E-state index in [1.54, 1.807) is 0 Å². The molecule has 4 nitrogen and oxygen atoms in total. The van der Waals surface area contributed by atoms with E-state index in [-0.39, 0.29) is 5.57 Å². The van der Waals surface area contributed by atoms with Crippen molar-refractivity contribution >= 4 is 5.97 Å². The molecule has 0 aliphatic heterocycles. The van der Waals surface area contributed by atoms with Crippen molar-refractivity contribution in [3.63, 3.8) is 0 Å². The molecule has 0 saturated carbocycles. The van der Waals surface area contributed by atoms with Crippen LogP contribution in [0.3, 0.4) is 0 Å². The molecular weight excluding hydrogens is 148 g/mol. The topological polar surface area (TPSA) is 66.8 Å². The summed E-state index contributed by atoms with van der Waals surface area (Å²) in [6.45, 7) is 5.91. The second-order valence-electron chi connectivity index (χ2n) is 2.06. The maximum absolute atomic E-state index is 10.6. The number of aliphatic hydroxyl groups is 2. The second-order valence-corrected chi connectivity index (χ2v) is 2.06. The van der Waals surface area contributed by atoms with Crippen LogP contribution in [0, 0.1) is 0 Å². The summed E-state index contributed by atoms with van der Waals surface area (Å²) in [5, 5.41) is 17.3. The van der Waals surface area contributed by atoms with E-state index in [2.05, 4.69) is 11.3 Å². The largest absolute Gasteiger partial charge is 0.506 e. The summed E-state index contributed by atoms with van der Waals surface area (Å²) in [6, 6.07) is 0. The first-order valence-corrected chi connectivity index (χ1v) is 2.91. The minimum atomic E-state index is -0.794. The van der Waals surface area contributed by atoms with Crippen molar-refractivity contribution in [3.8, 4) is 0 Å². The van der Waals surface area contributed by atoms with Gasteiger partial charge in [-0.25, -0.2) is 4.79 Å². The van der Waals surface area contributed by atoms with Gasteiger partial charge < -0.3 is 14.9 Å². The Morgan fingerprint density at radius 1 is 1.36 bits per heavy atom. The number of carbonyl (C=O) groups excluding carboxylic acids is 1. The van der Waals surface area contributed by atoms with E-state index in [1.807, 2.05) is 0 Å². The highest BCUT2D eigenvalue weighted by molar-refractivity contribution is 5.87. The van der Waals surface area contributed by atoms with Crippen molar-refractivity contribution in [2.24, 2.45) is 0 Å². The van der Waals surface area contributed by atoms with Crippen molar-refractivity contribution in [1.82, 2.24) is 0 Å². The molecule has 0 heterocycles. The number of ether oxygens (including phenoxy) is 1. The third-order valence-electron chi connectivity index (χ3n) is 0.847. The molecule has 0 bridgehead atoms. The van der Waals surface area contributed by atoms with Gasteiger partial charge in [0.05, 0.1) is 0 Å². The number of allylic oxidation sites excluding steroid dienone is 1. The first-order chi connectivity index (χ1) is 4.95. The minimum absolute atomic E-state index is 0.151. The number of hydrogen-bond donors (Lipinski definition) is 2. The summed E-state index contributed by atoms with van der Waals surface area (Å²) in [6.07, 6.45) is 0. The molecular formula is C7H10O4. The zero-order valence-corrected chi connectivity index (χ0v) is 6.42. The lowest BCUT2D eigenvalue weighted by atomic mass is 10.4. The van der Waals surface area contributed by atoms with Crippen LogP contribution in [0.25, 0.3) is 0 Å². The average molecular weight is 158 g/mol. The fourth-order valence-corrected chi connectivity index (χ4v) is 0.249. The molecule has 0 amide bonds. The molecule has 0 aliphatic rings. The molecule has 0 fully saturated rings. The highest BCUT2D eigenvalue weighted by Gasteiger charge is 2.08. The van der Waals surface area contributed by atoms with Crippen LogP contribution < -0.4 is 0 Å². The van der Waals surface area contributed by atoms with Gasteiger partial charge >= 0.3 is 11.9 Å². The lowest BCUT2D eigenvalue weighted by molar-refractivity contribution is -0.139. The average Bonchev–Trinajstić information content (AvgIpc) is 1.87. The lowest BCUT2D eigenvalue weighted by Gasteiger charge is -2.01. The zero-order chi connectivity index (χ0) is 9.02. The van der Waals surface area contributed by atoms with Gasteiger partial charge in [0, 0.05) is 12.5 Å². The molecule has 11 heavy (non-hydrogen) atoms. The Morgan fingerprint density at radius 2 is 1.82 bits per heavy atom. The summed E-state index contributed by atoms with van der Waals surface area (Å²) in [7, 11) is 0. The van der Waals surface area contributed by atoms with Crippen LogP contribution in [-0.2, 0) is 9.53 Å². The molecule has 0 aromatic carbocycles. The van der Waals surface area contributed by atoms with Gasteiger partial charge in [0.25, 0.3) is 0 Å². The summed E-state index contributed by atoms with van der Waals surface area (Å²) in [4.78, 5) is 10.6. The monoisotopic (exact) mass is 158 g/mol. The highest BCUT2D eigenvalue weighted by Crippen LogP contribution is 2.02. The van der Waals surface area contributed by atoms with Crippen LogP contribution in [0.15, 0.2) is 23.9 Å². The van der Waals surface area contributed by atoms with Crippen molar-refractivity contribution < 1.29 is 19.7 Å². The maximum Gasteiger partial charge on any atom is 0.340 e. The first-order valence-electron chi connectivity index (χ1n) is 2.91. The predicted octanol–water partition coefficient (Wildman–Crippen LogP) is 1.41. The number of carbonyl (C=O) groups is 1. The van der Waals surface area contributed by atoms with E-state index in [4.69, 9.17) is 10.2 Å². The van der Waals surface area contributed by atoms with Crippen LogP contribution in [0.4, 0.5) is 0 Å². The van der Waals surface area contributed by atoms with Crippen molar-refractivity contribution in [3.05, 3.63) is 23.9 Å². The van der Waals surface area contributed by atoms with E-state index >= 15 is 0 Å². The molecule has 4 heteroatoms. The van der Waals surface area contributed by atoms with Gasteiger partial charge in [-0.05, 0) is 6.92 Å². The fourth-order valence-electron chi connectivity index (χ4n) is 0.249. The first kappa shape index (κ1) is 9.55. The quantitative estimate of drug-likeness (QED) is 0.362. The summed E-state index contributed by atoms with van der Waals surface area (Å²) in [5.41, 5.74) is 0.151. The molecule has 0 radical (unpaired) electrons. The Bertz CT molecular complexity index is 210. The fraction of sp³-hybridized carbons (Fsp3) is 0.286. The zero-order valence-electron chi connectivity index (χ0n) is 6.42. The second kappa shape index (κ2) is 3.65. The van der Waals surface area contributed by atoms with E-state index in [1.165, 1.54) is 13.8 Å². The maximum atomic E-state index is 10.6. The van der Waals surface area contributed by atoms with Crippen molar-refractivity contribution in [2.45, 2.75) is 13.8 Å². The van der Waals surface area contributed by atoms with E-state index in [9.17, 15) is 4.79 Å². The normalized spacial score (nSPS) is 11.8. The third kappa shape index (κ3) is 3.30. The highest BCUT2D eigenvalue weighted by atomic mass is 16.6. The Kier molecular flexibility index (Phi) is 3.17. The Labute approximate surface area is 64.4 Å². The predicted molar refractivity (Wildman–Crippen MR) is 38.9 cm³/mol. The SMILES string of the molecule is C=C(C)C(=O)OC(O)=C(C)O. The summed E-state index contributed by atoms with van der Waals surface area (Å²) >= 11 is 0. The van der Waals surface area contributed by atoms with Gasteiger partial charge in [0.2, 0.25) is 0 Å². The van der Waals surface area contributed by atoms with Gasteiger partial charge in [-0.15, -0.1) is 0 Å². The number of aliphatic hydroxyl groups excluding tert-OH is 2. The summed E-state index contributed by atoms with van der Waals surface area (Å²) < 4.78 is 4.22. The van der Waals surface area contributed by atoms with Crippen LogP contribution in [0.1, 0.15) is 13.8 Å². The van der Waals surface area contributed by atoms with Crippen LogP contribution >= 0.6 is 0 Å². The molecule has 0 aromatic heterocycles. The van der Waals surface area contributed by atoms with E-state index < -0.39 is 17.7 Å². The standard InChI is InChI=1S/C7H10O4/c1-4(2)6(9)11-7(10)5(3)8/h8,10H,1H2,2-3H3. The molecule has 0 atom stereocenters. The molecule has 2 N–H and O–H groups in total. The Balaban J connectivity index is 4.18. The van der Waals surface area contributed by atoms with Crippen LogP contribution in [-0.4, -0.2) is 16.2 Å². The Hall–Kier alpha value is -1.45. The smallest absolute Gasteiger partial charge is 0.340 e. The van der Waals surface area contributed by atoms with Gasteiger partial charge in [0.1, 0.15) is 0 Å². The molecule has 0 rings (SSSR count). The molecule has 0 saturated heterocycles. The number of hydrogen-bond acceptors (Lipinski definition) is 4. The van der Waals surface area contributed by atoms with Gasteiger partial charge in [-0.3, -0.25) is 0 Å². The molecule has 62 valence electrons. The van der Waals surface area contributed by atoms with Gasteiger partial charge in [-0.2, -0.15) is 0 Å². The number of esters is 1. The number of rotatable bonds is 2. The lowest BCUT2D eigenvalue weighted by Crippen LogP contribution is -2.05. The van der Waals surface area contributed by atoms with Gasteiger partial charge in [0.15, 0.2) is 5.76 Å². The van der Waals surface area contributed by atoms with E-state index in [0.717, 1.165) is 0 Å². The molecule has 0 aromatic rings. The summed E-state index contributed by atoms with van der Waals surface area (Å²) in [5.74, 6) is -2.01. The van der Waals surface area contributed by atoms with Crippen LogP contribution in [0.5, 0.6) is 0 Å². The van der Waals surface area contributed by atoms with E-state index in [0.29, 0.717) is 0 Å². The van der Waals surface area contributed by atoms with Crippen LogP contribution in [0.2, 0.25) is 0 Å². The van der Waals surface area contributed by atoms with Crippen molar-refractivity contribution in [2.75, 3.05) is 0 Å².